The van der Waals surface area contributed by atoms with Crippen LogP contribution in [-0.4, -0.2) is 15.9 Å². The molecule has 4 nitrogen and oxygen atoms in total. The standard InChI is InChI=1S/C13H12N2O2/c1-9-7-14-13(15-8-9)11-3-5-12(6-4-11)17-10(2)16/h3-8H,1-2H3. The second kappa shape index (κ2) is 4.74. The van der Waals surface area contributed by atoms with Gasteiger partial charge in [-0.05, 0) is 36.8 Å². The molecular weight excluding hydrogens is 216 g/mol. The number of ether oxygens (including phenoxy) is 1. The van der Waals surface area contributed by atoms with Crippen molar-refractivity contribution in [2.75, 3.05) is 0 Å². The quantitative estimate of drug-likeness (QED) is 0.585. The Morgan fingerprint density at radius 1 is 1.12 bits per heavy atom. The number of aryl methyl sites for hydroxylation is 1. The van der Waals surface area contributed by atoms with Crippen molar-refractivity contribution in [1.29, 1.82) is 0 Å². The number of aromatic nitrogens is 2. The number of hydrogen-bond acceptors (Lipinski definition) is 4. The fourth-order valence-electron chi connectivity index (χ4n) is 1.38. The van der Waals surface area contributed by atoms with Crippen molar-refractivity contribution >= 4 is 5.97 Å². The summed E-state index contributed by atoms with van der Waals surface area (Å²) < 4.78 is 4.94. The molecule has 0 saturated carbocycles. The largest absolute Gasteiger partial charge is 0.427 e. The van der Waals surface area contributed by atoms with Crippen molar-refractivity contribution < 1.29 is 9.53 Å². The molecule has 0 atom stereocenters. The fourth-order valence-corrected chi connectivity index (χ4v) is 1.38. The second-order valence-corrected chi connectivity index (χ2v) is 3.70. The summed E-state index contributed by atoms with van der Waals surface area (Å²) in [5.74, 6) is 0.850. The number of carbonyl (C=O) groups excluding carboxylic acids is 1. The van der Waals surface area contributed by atoms with Crippen molar-refractivity contribution in [2.24, 2.45) is 0 Å². The van der Waals surface area contributed by atoms with Crippen LogP contribution < -0.4 is 4.74 Å². The molecule has 1 aromatic heterocycles. The van der Waals surface area contributed by atoms with Gasteiger partial charge in [0.15, 0.2) is 5.82 Å². The van der Waals surface area contributed by atoms with E-state index in [4.69, 9.17) is 4.74 Å². The molecule has 0 amide bonds. The lowest BCUT2D eigenvalue weighted by Crippen LogP contribution is -2.00. The van der Waals surface area contributed by atoms with Crippen molar-refractivity contribution in [3.63, 3.8) is 0 Å². The first-order valence-corrected chi connectivity index (χ1v) is 5.22. The zero-order valence-corrected chi connectivity index (χ0v) is 9.68. The molecule has 0 N–H and O–H groups in total. The minimum absolute atomic E-state index is 0.329. The van der Waals surface area contributed by atoms with Gasteiger partial charge in [-0.2, -0.15) is 0 Å². The van der Waals surface area contributed by atoms with E-state index in [1.807, 2.05) is 19.1 Å². The summed E-state index contributed by atoms with van der Waals surface area (Å²) in [5, 5.41) is 0. The predicted octanol–water partition coefficient (Wildman–Crippen LogP) is 2.38. The minimum Gasteiger partial charge on any atom is -0.427 e. The first-order valence-electron chi connectivity index (χ1n) is 5.22. The Balaban J connectivity index is 2.23. The Morgan fingerprint density at radius 2 is 1.71 bits per heavy atom. The molecule has 0 radical (unpaired) electrons. The molecule has 86 valence electrons. The van der Waals surface area contributed by atoms with Gasteiger partial charge in [0.05, 0.1) is 0 Å². The zero-order valence-electron chi connectivity index (χ0n) is 9.68. The van der Waals surface area contributed by atoms with Gasteiger partial charge in [0.2, 0.25) is 0 Å². The van der Waals surface area contributed by atoms with Crippen LogP contribution in [0.4, 0.5) is 0 Å². The fraction of sp³-hybridized carbons (Fsp3) is 0.154. The Kier molecular flexibility index (Phi) is 3.14. The molecule has 0 spiro atoms. The molecule has 0 bridgehead atoms. The summed E-state index contributed by atoms with van der Waals surface area (Å²) in [4.78, 5) is 19.2. The topological polar surface area (TPSA) is 52.1 Å². The Hall–Kier alpha value is -2.23. The van der Waals surface area contributed by atoms with Crippen molar-refractivity contribution in [1.82, 2.24) is 9.97 Å². The Morgan fingerprint density at radius 3 is 2.24 bits per heavy atom. The summed E-state index contributed by atoms with van der Waals surface area (Å²) in [6, 6.07) is 7.09. The molecular formula is C13H12N2O2. The molecule has 2 aromatic rings. The molecule has 0 aliphatic heterocycles. The number of hydrogen-bond donors (Lipinski definition) is 0. The molecule has 4 heteroatoms. The van der Waals surface area contributed by atoms with Gasteiger partial charge in [0, 0.05) is 24.9 Å². The highest BCUT2D eigenvalue weighted by Crippen LogP contribution is 2.19. The lowest BCUT2D eigenvalue weighted by Gasteiger charge is -2.03. The third-order valence-electron chi connectivity index (χ3n) is 2.16. The highest BCUT2D eigenvalue weighted by Gasteiger charge is 2.02. The van der Waals surface area contributed by atoms with Crippen LogP contribution in [0.25, 0.3) is 11.4 Å². The molecule has 0 aliphatic carbocycles. The maximum Gasteiger partial charge on any atom is 0.308 e. The van der Waals surface area contributed by atoms with Crippen LogP contribution in [0, 0.1) is 6.92 Å². The lowest BCUT2D eigenvalue weighted by molar-refractivity contribution is -0.131. The van der Waals surface area contributed by atoms with E-state index < -0.39 is 0 Å². The normalized spacial score (nSPS) is 10.0. The Labute approximate surface area is 99.3 Å². The van der Waals surface area contributed by atoms with Gasteiger partial charge in [-0.3, -0.25) is 4.79 Å². The van der Waals surface area contributed by atoms with Crippen LogP contribution in [0.15, 0.2) is 36.7 Å². The molecule has 0 unspecified atom stereocenters. The van der Waals surface area contributed by atoms with E-state index in [9.17, 15) is 4.79 Å². The third kappa shape index (κ3) is 2.87. The van der Waals surface area contributed by atoms with Gasteiger partial charge < -0.3 is 4.74 Å². The lowest BCUT2D eigenvalue weighted by atomic mass is 10.2. The maximum absolute atomic E-state index is 10.8. The monoisotopic (exact) mass is 228 g/mol. The van der Waals surface area contributed by atoms with E-state index in [0.29, 0.717) is 11.6 Å². The molecule has 1 heterocycles. The molecule has 1 aromatic carbocycles. The number of nitrogens with zero attached hydrogens (tertiary/aromatic N) is 2. The van der Waals surface area contributed by atoms with Gasteiger partial charge in [0.25, 0.3) is 0 Å². The van der Waals surface area contributed by atoms with Gasteiger partial charge in [-0.1, -0.05) is 0 Å². The van der Waals surface area contributed by atoms with Crippen molar-refractivity contribution in [3.8, 4) is 17.1 Å². The van der Waals surface area contributed by atoms with Crippen LogP contribution in [-0.2, 0) is 4.79 Å². The highest BCUT2D eigenvalue weighted by atomic mass is 16.5. The first-order chi connectivity index (χ1) is 8.15. The number of carbonyl (C=O) groups is 1. The van der Waals surface area contributed by atoms with Crippen LogP contribution in [0.1, 0.15) is 12.5 Å². The van der Waals surface area contributed by atoms with E-state index >= 15 is 0 Å². The van der Waals surface area contributed by atoms with E-state index in [0.717, 1.165) is 11.1 Å². The first kappa shape index (κ1) is 11.3. The molecule has 0 saturated heterocycles. The van der Waals surface area contributed by atoms with Crippen LogP contribution >= 0.6 is 0 Å². The highest BCUT2D eigenvalue weighted by molar-refractivity contribution is 5.69. The predicted molar refractivity (Wildman–Crippen MR) is 63.5 cm³/mol. The van der Waals surface area contributed by atoms with Gasteiger partial charge >= 0.3 is 5.97 Å². The molecule has 0 aliphatic rings. The zero-order chi connectivity index (χ0) is 12.3. The summed E-state index contributed by atoms with van der Waals surface area (Å²) in [6.07, 6.45) is 3.53. The van der Waals surface area contributed by atoms with Crippen LogP contribution in [0.5, 0.6) is 5.75 Å². The second-order valence-electron chi connectivity index (χ2n) is 3.70. The number of benzene rings is 1. The molecule has 2 rings (SSSR count). The van der Waals surface area contributed by atoms with E-state index in [-0.39, 0.29) is 5.97 Å². The summed E-state index contributed by atoms with van der Waals surface area (Å²) >= 11 is 0. The van der Waals surface area contributed by atoms with Crippen LogP contribution in [0.2, 0.25) is 0 Å². The van der Waals surface area contributed by atoms with E-state index in [2.05, 4.69) is 9.97 Å². The minimum atomic E-state index is -0.329. The van der Waals surface area contributed by atoms with Crippen LogP contribution in [0.3, 0.4) is 0 Å². The van der Waals surface area contributed by atoms with E-state index in [1.165, 1.54) is 6.92 Å². The third-order valence-corrected chi connectivity index (χ3v) is 2.16. The maximum atomic E-state index is 10.8. The summed E-state index contributed by atoms with van der Waals surface area (Å²) in [5.41, 5.74) is 1.91. The Bertz CT molecular complexity index is 518. The average molecular weight is 228 g/mol. The SMILES string of the molecule is CC(=O)Oc1ccc(-c2ncc(C)cn2)cc1. The summed E-state index contributed by atoms with van der Waals surface area (Å²) in [6.45, 7) is 3.31. The van der Waals surface area contributed by atoms with Crippen molar-refractivity contribution in [3.05, 3.63) is 42.2 Å². The van der Waals surface area contributed by atoms with Gasteiger partial charge in [0.1, 0.15) is 5.75 Å². The molecule has 0 fully saturated rings. The number of esters is 1. The van der Waals surface area contributed by atoms with Gasteiger partial charge in [-0.15, -0.1) is 0 Å². The average Bonchev–Trinajstić information content (AvgIpc) is 2.30. The smallest absolute Gasteiger partial charge is 0.308 e. The summed E-state index contributed by atoms with van der Waals surface area (Å²) in [7, 11) is 0. The van der Waals surface area contributed by atoms with E-state index in [1.54, 1.807) is 24.5 Å². The van der Waals surface area contributed by atoms with Gasteiger partial charge in [-0.25, -0.2) is 9.97 Å². The number of rotatable bonds is 2. The van der Waals surface area contributed by atoms with Crippen molar-refractivity contribution in [2.45, 2.75) is 13.8 Å². The molecule has 17 heavy (non-hydrogen) atoms.